The topological polar surface area (TPSA) is 86.9 Å². The number of nitrogens with zero attached hydrogens (tertiary/aromatic N) is 2. The Morgan fingerprint density at radius 3 is 2.41 bits per heavy atom. The largest absolute Gasteiger partial charge is 0.327 e. The predicted octanol–water partition coefficient (Wildman–Crippen LogP) is 4.78. The van der Waals surface area contributed by atoms with Gasteiger partial charge in [-0.15, -0.1) is 11.8 Å². The van der Waals surface area contributed by atoms with Crippen molar-refractivity contribution in [1.82, 2.24) is 4.57 Å². The van der Waals surface area contributed by atoms with Gasteiger partial charge in [0, 0.05) is 29.2 Å². The van der Waals surface area contributed by atoms with Gasteiger partial charge in [-0.2, -0.15) is 5.26 Å². The predicted molar refractivity (Wildman–Crippen MR) is 116 cm³/mol. The number of hydrogen-bond donors (Lipinski definition) is 2. The molecule has 29 heavy (non-hydrogen) atoms. The Morgan fingerprint density at radius 2 is 1.83 bits per heavy atom. The highest BCUT2D eigenvalue weighted by atomic mass is 32.2. The van der Waals surface area contributed by atoms with Gasteiger partial charge in [0.1, 0.15) is 11.9 Å². The molecule has 0 radical (unpaired) electrons. The number of nitriles is 1. The molecule has 0 saturated heterocycles. The molecule has 2 N–H and O–H groups in total. The first kappa shape index (κ1) is 21.0. The number of nitrogens with one attached hydrogen (secondary N) is 2. The fraction of sp³-hybridized carbons (Fsp3) is 0.409. The number of amides is 2. The van der Waals surface area contributed by atoms with E-state index in [1.165, 1.54) is 31.5 Å². The standard InChI is InChI=1S/C22H26N4O2S/c1-14-15(2)26(18-6-4-5-7-18)22(20(14)12-23)25-21(28)13-29-19-10-8-17(9-11-19)24-16(3)27/h8-11,18H,4-7,13H2,1-3H3,(H,24,27)(H,25,28). The summed E-state index contributed by atoms with van der Waals surface area (Å²) in [4.78, 5) is 24.7. The second-order valence-corrected chi connectivity index (χ2v) is 8.45. The number of hydrogen-bond acceptors (Lipinski definition) is 4. The van der Waals surface area contributed by atoms with Gasteiger partial charge in [-0.3, -0.25) is 9.59 Å². The van der Waals surface area contributed by atoms with Gasteiger partial charge in [0.15, 0.2) is 0 Å². The van der Waals surface area contributed by atoms with Gasteiger partial charge < -0.3 is 15.2 Å². The molecular formula is C22H26N4O2S. The summed E-state index contributed by atoms with van der Waals surface area (Å²) in [5.41, 5.74) is 3.29. The van der Waals surface area contributed by atoms with Crippen LogP contribution in [0.1, 0.15) is 55.5 Å². The second-order valence-electron chi connectivity index (χ2n) is 7.40. The minimum Gasteiger partial charge on any atom is -0.327 e. The average Bonchev–Trinajstić information content (AvgIpc) is 3.28. The summed E-state index contributed by atoms with van der Waals surface area (Å²) in [5.74, 6) is 0.641. The highest BCUT2D eigenvalue weighted by molar-refractivity contribution is 8.00. The molecule has 0 aliphatic heterocycles. The van der Waals surface area contributed by atoms with E-state index in [2.05, 4.69) is 21.3 Å². The first-order chi connectivity index (χ1) is 13.9. The van der Waals surface area contributed by atoms with Crippen LogP contribution in [0.25, 0.3) is 0 Å². The van der Waals surface area contributed by atoms with Gasteiger partial charge in [-0.05, 0) is 56.5 Å². The van der Waals surface area contributed by atoms with Crippen LogP contribution >= 0.6 is 11.8 Å². The van der Waals surface area contributed by atoms with E-state index in [9.17, 15) is 14.9 Å². The molecule has 1 aliphatic carbocycles. The van der Waals surface area contributed by atoms with Crippen molar-refractivity contribution >= 4 is 35.1 Å². The maximum absolute atomic E-state index is 12.6. The van der Waals surface area contributed by atoms with Crippen LogP contribution in [0.15, 0.2) is 29.2 Å². The summed E-state index contributed by atoms with van der Waals surface area (Å²) in [7, 11) is 0. The molecule has 6 nitrogen and oxygen atoms in total. The van der Waals surface area contributed by atoms with Crippen LogP contribution in [-0.4, -0.2) is 22.1 Å². The zero-order valence-electron chi connectivity index (χ0n) is 17.0. The highest BCUT2D eigenvalue weighted by Crippen LogP contribution is 2.37. The van der Waals surface area contributed by atoms with Crippen LogP contribution in [0.5, 0.6) is 0 Å². The van der Waals surface area contributed by atoms with E-state index in [-0.39, 0.29) is 17.6 Å². The molecule has 152 valence electrons. The maximum atomic E-state index is 12.6. The van der Waals surface area contributed by atoms with E-state index in [1.54, 1.807) is 0 Å². The highest BCUT2D eigenvalue weighted by Gasteiger charge is 2.26. The quantitative estimate of drug-likeness (QED) is 0.671. The second kappa shape index (κ2) is 9.19. The molecule has 1 saturated carbocycles. The van der Waals surface area contributed by atoms with Crippen molar-refractivity contribution in [2.75, 3.05) is 16.4 Å². The molecule has 0 bridgehead atoms. The summed E-state index contributed by atoms with van der Waals surface area (Å²) < 4.78 is 2.16. The van der Waals surface area contributed by atoms with Crippen molar-refractivity contribution < 1.29 is 9.59 Å². The van der Waals surface area contributed by atoms with Gasteiger partial charge in [0.2, 0.25) is 11.8 Å². The Hall–Kier alpha value is -2.72. The van der Waals surface area contributed by atoms with Crippen molar-refractivity contribution in [2.24, 2.45) is 0 Å². The van der Waals surface area contributed by atoms with Gasteiger partial charge in [0.25, 0.3) is 0 Å². The summed E-state index contributed by atoms with van der Waals surface area (Å²) in [6, 6.07) is 9.99. The molecule has 1 heterocycles. The number of anilines is 2. The third-order valence-corrected chi connectivity index (χ3v) is 6.37. The van der Waals surface area contributed by atoms with Crippen molar-refractivity contribution in [2.45, 2.75) is 57.4 Å². The third kappa shape index (κ3) is 4.83. The van der Waals surface area contributed by atoms with Crippen LogP contribution in [0.4, 0.5) is 11.5 Å². The first-order valence-electron chi connectivity index (χ1n) is 9.82. The van der Waals surface area contributed by atoms with Gasteiger partial charge >= 0.3 is 0 Å². The Bertz CT molecular complexity index is 951. The fourth-order valence-electron chi connectivity index (χ4n) is 3.86. The molecule has 0 unspecified atom stereocenters. The Balaban J connectivity index is 1.70. The molecule has 1 fully saturated rings. The normalized spacial score (nSPS) is 13.9. The molecule has 7 heteroatoms. The minimum absolute atomic E-state index is 0.117. The molecule has 1 aromatic carbocycles. The van der Waals surface area contributed by atoms with Gasteiger partial charge in [0.05, 0.1) is 11.3 Å². The van der Waals surface area contributed by atoms with Crippen molar-refractivity contribution in [1.29, 1.82) is 5.26 Å². The van der Waals surface area contributed by atoms with E-state index >= 15 is 0 Å². The lowest BCUT2D eigenvalue weighted by Crippen LogP contribution is -2.19. The molecule has 1 aromatic heterocycles. The van der Waals surface area contributed by atoms with Crippen molar-refractivity contribution in [3.8, 4) is 6.07 Å². The Morgan fingerprint density at radius 1 is 1.17 bits per heavy atom. The minimum atomic E-state index is -0.130. The molecule has 2 aromatic rings. The molecule has 0 spiro atoms. The lowest BCUT2D eigenvalue weighted by molar-refractivity contribution is -0.114. The summed E-state index contributed by atoms with van der Waals surface area (Å²) in [5, 5.41) is 15.4. The number of aromatic nitrogens is 1. The average molecular weight is 411 g/mol. The van der Waals surface area contributed by atoms with E-state index in [4.69, 9.17) is 0 Å². The molecule has 0 atom stereocenters. The van der Waals surface area contributed by atoms with Crippen LogP contribution < -0.4 is 10.6 Å². The van der Waals surface area contributed by atoms with Crippen LogP contribution in [0.3, 0.4) is 0 Å². The van der Waals surface area contributed by atoms with Crippen LogP contribution in [0, 0.1) is 25.2 Å². The van der Waals surface area contributed by atoms with Crippen molar-refractivity contribution in [3.05, 3.63) is 41.1 Å². The van der Waals surface area contributed by atoms with E-state index in [1.807, 2.05) is 38.1 Å². The van der Waals surface area contributed by atoms with Gasteiger partial charge in [-0.25, -0.2) is 0 Å². The maximum Gasteiger partial charge on any atom is 0.235 e. The molecule has 2 amide bonds. The number of benzene rings is 1. The number of carbonyl (C=O) groups excluding carboxylic acids is 2. The smallest absolute Gasteiger partial charge is 0.235 e. The van der Waals surface area contributed by atoms with Crippen molar-refractivity contribution in [3.63, 3.8) is 0 Å². The third-order valence-electron chi connectivity index (χ3n) is 5.36. The monoisotopic (exact) mass is 410 g/mol. The lowest BCUT2D eigenvalue weighted by atomic mass is 10.2. The zero-order valence-corrected chi connectivity index (χ0v) is 17.9. The van der Waals surface area contributed by atoms with Crippen LogP contribution in [0.2, 0.25) is 0 Å². The lowest BCUT2D eigenvalue weighted by Gasteiger charge is -2.19. The molecule has 1 aliphatic rings. The number of thioether (sulfide) groups is 1. The number of rotatable bonds is 6. The summed E-state index contributed by atoms with van der Waals surface area (Å²) in [6.07, 6.45) is 4.53. The summed E-state index contributed by atoms with van der Waals surface area (Å²) in [6.45, 7) is 5.43. The number of carbonyl (C=O) groups is 2. The first-order valence-corrected chi connectivity index (χ1v) is 10.8. The zero-order chi connectivity index (χ0) is 21.0. The van der Waals surface area contributed by atoms with E-state index in [0.29, 0.717) is 17.4 Å². The fourth-order valence-corrected chi connectivity index (χ4v) is 4.56. The Kier molecular flexibility index (Phi) is 6.65. The SMILES string of the molecule is CC(=O)Nc1ccc(SCC(=O)Nc2c(C#N)c(C)c(C)n2C2CCCC2)cc1. The molecule has 3 rings (SSSR count). The van der Waals surface area contributed by atoms with Gasteiger partial charge in [-0.1, -0.05) is 12.8 Å². The Labute approximate surface area is 175 Å². The molecular weight excluding hydrogens is 384 g/mol. The summed E-state index contributed by atoms with van der Waals surface area (Å²) >= 11 is 1.42. The van der Waals surface area contributed by atoms with E-state index in [0.717, 1.165) is 34.7 Å². The van der Waals surface area contributed by atoms with Crippen LogP contribution in [-0.2, 0) is 9.59 Å². The van der Waals surface area contributed by atoms with E-state index < -0.39 is 0 Å².